The van der Waals surface area contributed by atoms with Crippen LogP contribution in [0.3, 0.4) is 0 Å². The quantitative estimate of drug-likeness (QED) is 0.618. The average Bonchev–Trinajstić information content (AvgIpc) is 2.41. The number of anilines is 1. The van der Waals surface area contributed by atoms with Gasteiger partial charge >= 0.3 is 6.03 Å². The van der Waals surface area contributed by atoms with Gasteiger partial charge in [0.05, 0.1) is 0 Å². The second-order valence-corrected chi connectivity index (χ2v) is 6.15. The molecule has 0 aromatic heterocycles. The number of benzene rings is 1. The highest BCUT2D eigenvalue weighted by Gasteiger charge is 2.12. The van der Waals surface area contributed by atoms with Crippen molar-refractivity contribution in [1.29, 1.82) is 0 Å². The van der Waals surface area contributed by atoms with E-state index in [1.165, 1.54) is 6.92 Å². The number of nitrogens with one attached hydrogen (secondary N) is 4. The Bertz CT molecular complexity index is 562. The van der Waals surface area contributed by atoms with Crippen molar-refractivity contribution < 1.29 is 14.4 Å². The van der Waals surface area contributed by atoms with Crippen LogP contribution in [-0.4, -0.2) is 36.5 Å². The lowest BCUT2D eigenvalue weighted by atomic mass is 10.1. The first-order valence-electron chi connectivity index (χ1n) is 7.39. The third kappa shape index (κ3) is 7.85. The van der Waals surface area contributed by atoms with Crippen molar-refractivity contribution in [1.82, 2.24) is 16.0 Å². The Balaban J connectivity index is 2.34. The Morgan fingerprint density at radius 2 is 1.52 bits per heavy atom. The molecule has 4 amide bonds. The molecule has 7 nitrogen and oxygen atoms in total. The van der Waals surface area contributed by atoms with Crippen LogP contribution in [0.15, 0.2) is 24.3 Å². The zero-order chi connectivity index (χ0) is 17.5. The van der Waals surface area contributed by atoms with Crippen LogP contribution >= 0.6 is 0 Å². The van der Waals surface area contributed by atoms with Crippen LogP contribution in [0.25, 0.3) is 0 Å². The minimum atomic E-state index is -0.303. The minimum Gasteiger partial charge on any atom is -0.350 e. The van der Waals surface area contributed by atoms with Gasteiger partial charge < -0.3 is 21.3 Å². The number of hydrogen-bond acceptors (Lipinski definition) is 3. The average molecular weight is 320 g/mol. The fraction of sp³-hybridized carbons (Fsp3) is 0.438. The van der Waals surface area contributed by atoms with Gasteiger partial charge in [0.15, 0.2) is 0 Å². The Labute approximate surface area is 136 Å². The van der Waals surface area contributed by atoms with E-state index in [9.17, 15) is 14.4 Å². The van der Waals surface area contributed by atoms with E-state index in [2.05, 4.69) is 21.3 Å². The van der Waals surface area contributed by atoms with Crippen LogP contribution in [0, 0.1) is 0 Å². The maximum absolute atomic E-state index is 11.9. The number of rotatable bonds is 5. The molecule has 0 heterocycles. The lowest BCUT2D eigenvalue weighted by Gasteiger charge is -2.20. The molecule has 4 N–H and O–H groups in total. The summed E-state index contributed by atoms with van der Waals surface area (Å²) in [5, 5.41) is 10.8. The number of urea groups is 1. The van der Waals surface area contributed by atoms with E-state index >= 15 is 0 Å². The number of carbonyl (C=O) groups excluding carboxylic acids is 3. The van der Waals surface area contributed by atoms with Gasteiger partial charge in [0.1, 0.15) is 0 Å². The second-order valence-electron chi connectivity index (χ2n) is 6.15. The minimum absolute atomic E-state index is 0.165. The fourth-order valence-electron chi connectivity index (χ4n) is 1.75. The summed E-state index contributed by atoms with van der Waals surface area (Å²) < 4.78 is 0. The van der Waals surface area contributed by atoms with E-state index in [1.807, 2.05) is 20.8 Å². The first-order valence-corrected chi connectivity index (χ1v) is 7.39. The summed E-state index contributed by atoms with van der Waals surface area (Å²) in [6.07, 6.45) is 0. The van der Waals surface area contributed by atoms with Crippen LogP contribution in [0.5, 0.6) is 0 Å². The van der Waals surface area contributed by atoms with E-state index in [0.29, 0.717) is 24.3 Å². The Hall–Kier alpha value is -2.57. The van der Waals surface area contributed by atoms with Crippen LogP contribution in [0.1, 0.15) is 38.1 Å². The maximum Gasteiger partial charge on any atom is 0.315 e. The molecule has 1 aromatic rings. The molecule has 7 heteroatoms. The van der Waals surface area contributed by atoms with E-state index in [-0.39, 0.29) is 23.4 Å². The summed E-state index contributed by atoms with van der Waals surface area (Å²) in [6, 6.07) is 6.29. The molecule has 0 saturated heterocycles. The van der Waals surface area contributed by atoms with Gasteiger partial charge in [0, 0.05) is 36.8 Å². The van der Waals surface area contributed by atoms with Gasteiger partial charge in [-0.15, -0.1) is 0 Å². The topological polar surface area (TPSA) is 99.3 Å². The summed E-state index contributed by atoms with van der Waals surface area (Å²) >= 11 is 0. The molecule has 0 bridgehead atoms. The number of hydrogen-bond donors (Lipinski definition) is 4. The lowest BCUT2D eigenvalue weighted by molar-refractivity contribution is -0.114. The summed E-state index contributed by atoms with van der Waals surface area (Å²) in [7, 11) is 0. The molecule has 1 aromatic carbocycles. The first-order chi connectivity index (χ1) is 10.7. The zero-order valence-electron chi connectivity index (χ0n) is 13.9. The molecule has 0 unspecified atom stereocenters. The standard InChI is InChI=1S/C16H24N4O3/c1-11(21)19-13-7-5-12(6-8-13)14(22)17-9-10-18-15(23)20-16(2,3)4/h5-8H,9-10H2,1-4H3,(H,17,22)(H,19,21)(H2,18,20,23). The molecule has 0 saturated carbocycles. The Kier molecular flexibility index (Phi) is 6.56. The van der Waals surface area contributed by atoms with E-state index < -0.39 is 0 Å². The van der Waals surface area contributed by atoms with Crippen LogP contribution < -0.4 is 21.3 Å². The van der Waals surface area contributed by atoms with Gasteiger partial charge in [0.2, 0.25) is 5.91 Å². The summed E-state index contributed by atoms with van der Waals surface area (Å²) in [4.78, 5) is 34.4. The molecule has 0 spiro atoms. The number of amides is 4. The monoisotopic (exact) mass is 320 g/mol. The molecule has 0 aliphatic rings. The first kappa shape index (κ1) is 18.5. The molecule has 0 fully saturated rings. The molecule has 0 aliphatic carbocycles. The molecule has 0 radical (unpaired) electrons. The molecule has 1 rings (SSSR count). The fourth-order valence-corrected chi connectivity index (χ4v) is 1.75. The van der Waals surface area contributed by atoms with Gasteiger partial charge in [-0.05, 0) is 45.0 Å². The highest BCUT2D eigenvalue weighted by atomic mass is 16.2. The van der Waals surface area contributed by atoms with Gasteiger partial charge in [-0.3, -0.25) is 9.59 Å². The number of carbonyl (C=O) groups is 3. The van der Waals surface area contributed by atoms with E-state index in [4.69, 9.17) is 0 Å². The zero-order valence-corrected chi connectivity index (χ0v) is 13.9. The van der Waals surface area contributed by atoms with E-state index in [0.717, 1.165) is 0 Å². The van der Waals surface area contributed by atoms with Gasteiger partial charge in [-0.2, -0.15) is 0 Å². The normalized spacial score (nSPS) is 10.6. The summed E-state index contributed by atoms with van der Waals surface area (Å²) in [6.45, 7) is 7.74. The summed E-state index contributed by atoms with van der Waals surface area (Å²) in [5.41, 5.74) is 0.816. The van der Waals surface area contributed by atoms with Crippen molar-refractivity contribution in [3.05, 3.63) is 29.8 Å². The van der Waals surface area contributed by atoms with Crippen LogP contribution in [-0.2, 0) is 4.79 Å². The Morgan fingerprint density at radius 3 is 2.04 bits per heavy atom. The largest absolute Gasteiger partial charge is 0.350 e. The van der Waals surface area contributed by atoms with Crippen molar-refractivity contribution in [2.45, 2.75) is 33.2 Å². The van der Waals surface area contributed by atoms with Gasteiger partial charge in [-0.1, -0.05) is 0 Å². The molecular formula is C16H24N4O3. The predicted octanol–water partition coefficient (Wildman–Crippen LogP) is 1.47. The molecule has 0 atom stereocenters. The third-order valence-corrected chi connectivity index (χ3v) is 2.65. The van der Waals surface area contributed by atoms with Crippen molar-refractivity contribution in [3.8, 4) is 0 Å². The summed E-state index contributed by atoms with van der Waals surface area (Å²) in [5.74, 6) is -0.404. The third-order valence-electron chi connectivity index (χ3n) is 2.65. The highest BCUT2D eigenvalue weighted by Crippen LogP contribution is 2.09. The maximum atomic E-state index is 11.9. The lowest BCUT2D eigenvalue weighted by Crippen LogP contribution is -2.48. The van der Waals surface area contributed by atoms with Crippen LogP contribution in [0.2, 0.25) is 0 Å². The van der Waals surface area contributed by atoms with Crippen molar-refractivity contribution >= 4 is 23.5 Å². The van der Waals surface area contributed by atoms with Crippen molar-refractivity contribution in [2.24, 2.45) is 0 Å². The van der Waals surface area contributed by atoms with E-state index in [1.54, 1.807) is 24.3 Å². The highest BCUT2D eigenvalue weighted by molar-refractivity contribution is 5.95. The van der Waals surface area contributed by atoms with Crippen molar-refractivity contribution in [3.63, 3.8) is 0 Å². The van der Waals surface area contributed by atoms with Gasteiger partial charge in [-0.25, -0.2) is 4.79 Å². The smallest absolute Gasteiger partial charge is 0.315 e. The molecule has 126 valence electrons. The van der Waals surface area contributed by atoms with Crippen LogP contribution in [0.4, 0.5) is 10.5 Å². The Morgan fingerprint density at radius 1 is 0.957 bits per heavy atom. The predicted molar refractivity (Wildman–Crippen MR) is 89.4 cm³/mol. The molecule has 0 aliphatic heterocycles. The second kappa shape index (κ2) is 8.17. The SMILES string of the molecule is CC(=O)Nc1ccc(C(=O)NCCNC(=O)NC(C)(C)C)cc1. The molecule has 23 heavy (non-hydrogen) atoms. The molecular weight excluding hydrogens is 296 g/mol. The van der Waals surface area contributed by atoms with Crippen molar-refractivity contribution in [2.75, 3.05) is 18.4 Å². The van der Waals surface area contributed by atoms with Gasteiger partial charge in [0.25, 0.3) is 5.91 Å².